The molecule has 0 atom stereocenters. The lowest BCUT2D eigenvalue weighted by molar-refractivity contribution is 0.0781. The Morgan fingerprint density at radius 1 is 1.32 bits per heavy atom. The van der Waals surface area contributed by atoms with E-state index in [1.54, 1.807) is 31.5 Å². The van der Waals surface area contributed by atoms with Gasteiger partial charge >= 0.3 is 0 Å². The fourth-order valence-corrected chi connectivity index (χ4v) is 2.99. The van der Waals surface area contributed by atoms with Crippen LogP contribution >= 0.6 is 0 Å². The Morgan fingerprint density at radius 2 is 2.14 bits per heavy atom. The molecule has 1 rings (SSSR count). The van der Waals surface area contributed by atoms with Gasteiger partial charge in [-0.3, -0.25) is 4.98 Å². The SMILES string of the molecule is COCCOCCS(=O)(=O)N(CCC#N)Cc1ccccn1. The minimum atomic E-state index is -3.50. The fourth-order valence-electron chi connectivity index (χ4n) is 1.70. The standard InChI is InChI=1S/C14H21N3O4S/c1-20-9-10-21-11-12-22(18,19)17(8-4-6-15)13-14-5-2-3-7-16-14/h2-3,5,7H,4,8-13H2,1H3. The first-order valence-electron chi connectivity index (χ1n) is 6.91. The molecule has 0 aliphatic carbocycles. The average Bonchev–Trinajstić information content (AvgIpc) is 2.52. The van der Waals surface area contributed by atoms with E-state index < -0.39 is 10.0 Å². The number of nitrogens with zero attached hydrogens (tertiary/aromatic N) is 3. The number of nitriles is 1. The van der Waals surface area contributed by atoms with E-state index in [1.165, 1.54) is 4.31 Å². The fraction of sp³-hybridized carbons (Fsp3) is 0.571. The largest absolute Gasteiger partial charge is 0.382 e. The number of rotatable bonds is 11. The molecule has 0 saturated carbocycles. The van der Waals surface area contributed by atoms with Crippen LogP contribution in [0.2, 0.25) is 0 Å². The van der Waals surface area contributed by atoms with E-state index in [1.807, 2.05) is 6.07 Å². The Kier molecular flexibility index (Phi) is 8.62. The molecular weight excluding hydrogens is 306 g/mol. The zero-order valence-electron chi connectivity index (χ0n) is 12.6. The maximum absolute atomic E-state index is 12.4. The molecule has 0 unspecified atom stereocenters. The normalized spacial score (nSPS) is 11.5. The van der Waals surface area contributed by atoms with E-state index in [0.29, 0.717) is 18.9 Å². The summed E-state index contributed by atoms with van der Waals surface area (Å²) in [6.45, 7) is 1.17. The van der Waals surface area contributed by atoms with Gasteiger partial charge in [-0.1, -0.05) is 6.07 Å². The lowest BCUT2D eigenvalue weighted by Gasteiger charge is -2.20. The van der Waals surface area contributed by atoms with Gasteiger partial charge in [0, 0.05) is 26.3 Å². The van der Waals surface area contributed by atoms with Crippen LogP contribution in [0.25, 0.3) is 0 Å². The second-order valence-corrected chi connectivity index (χ2v) is 6.57. The van der Waals surface area contributed by atoms with Crippen molar-refractivity contribution in [2.45, 2.75) is 13.0 Å². The predicted molar refractivity (Wildman–Crippen MR) is 81.4 cm³/mol. The molecular formula is C14H21N3O4S. The summed E-state index contributed by atoms with van der Waals surface area (Å²) in [6, 6.07) is 7.28. The highest BCUT2D eigenvalue weighted by Gasteiger charge is 2.22. The second kappa shape index (κ2) is 10.2. The van der Waals surface area contributed by atoms with E-state index in [-0.39, 0.29) is 31.9 Å². The van der Waals surface area contributed by atoms with Crippen LogP contribution in [0.3, 0.4) is 0 Å². The van der Waals surface area contributed by atoms with Crippen molar-refractivity contribution in [3.05, 3.63) is 30.1 Å². The van der Waals surface area contributed by atoms with Gasteiger partial charge in [-0.15, -0.1) is 0 Å². The summed E-state index contributed by atoms with van der Waals surface area (Å²) in [4.78, 5) is 4.12. The molecule has 0 aromatic carbocycles. The monoisotopic (exact) mass is 327 g/mol. The summed E-state index contributed by atoms with van der Waals surface area (Å²) in [5.41, 5.74) is 0.643. The van der Waals surface area contributed by atoms with Gasteiger partial charge in [0.1, 0.15) is 0 Å². The third kappa shape index (κ3) is 6.95. The van der Waals surface area contributed by atoms with Crippen molar-refractivity contribution in [3.8, 4) is 6.07 Å². The smallest absolute Gasteiger partial charge is 0.216 e. The highest BCUT2D eigenvalue weighted by Crippen LogP contribution is 2.09. The summed E-state index contributed by atoms with van der Waals surface area (Å²) < 4.78 is 36.0. The van der Waals surface area contributed by atoms with Crippen molar-refractivity contribution < 1.29 is 17.9 Å². The van der Waals surface area contributed by atoms with Crippen LogP contribution < -0.4 is 0 Å². The first-order valence-corrected chi connectivity index (χ1v) is 8.52. The highest BCUT2D eigenvalue weighted by molar-refractivity contribution is 7.89. The Balaban J connectivity index is 2.62. The molecule has 0 bridgehead atoms. The number of sulfonamides is 1. The predicted octanol–water partition coefficient (Wildman–Crippen LogP) is 0.790. The molecule has 22 heavy (non-hydrogen) atoms. The molecule has 1 aromatic rings. The summed E-state index contributed by atoms with van der Waals surface area (Å²) in [6.07, 6.45) is 1.74. The van der Waals surface area contributed by atoms with Crippen molar-refractivity contribution in [2.24, 2.45) is 0 Å². The van der Waals surface area contributed by atoms with Crippen molar-refractivity contribution in [2.75, 3.05) is 39.2 Å². The topological polar surface area (TPSA) is 92.5 Å². The van der Waals surface area contributed by atoms with Crippen LogP contribution in [0.5, 0.6) is 0 Å². The van der Waals surface area contributed by atoms with E-state index in [0.717, 1.165) is 0 Å². The van der Waals surface area contributed by atoms with Crippen molar-refractivity contribution in [1.29, 1.82) is 5.26 Å². The van der Waals surface area contributed by atoms with Gasteiger partial charge in [-0.25, -0.2) is 8.42 Å². The summed E-state index contributed by atoms with van der Waals surface area (Å²) in [5, 5.41) is 8.69. The summed E-state index contributed by atoms with van der Waals surface area (Å²) >= 11 is 0. The third-order valence-corrected chi connectivity index (χ3v) is 4.63. The lowest BCUT2D eigenvalue weighted by atomic mass is 10.3. The lowest BCUT2D eigenvalue weighted by Crippen LogP contribution is -2.35. The van der Waals surface area contributed by atoms with Crippen molar-refractivity contribution >= 4 is 10.0 Å². The van der Waals surface area contributed by atoms with E-state index in [9.17, 15) is 8.42 Å². The average molecular weight is 327 g/mol. The van der Waals surface area contributed by atoms with Gasteiger partial charge in [-0.05, 0) is 12.1 Å². The molecule has 0 fully saturated rings. The summed E-state index contributed by atoms with van der Waals surface area (Å²) in [5.74, 6) is -0.130. The molecule has 8 heteroatoms. The molecule has 1 heterocycles. The number of ether oxygens (including phenoxy) is 2. The molecule has 0 radical (unpaired) electrons. The molecule has 0 saturated heterocycles. The van der Waals surface area contributed by atoms with Gasteiger partial charge in [0.15, 0.2) is 0 Å². The Hall–Kier alpha value is -1.53. The second-order valence-electron chi connectivity index (χ2n) is 4.48. The number of methoxy groups -OCH3 is 1. The van der Waals surface area contributed by atoms with Crippen LogP contribution in [0.15, 0.2) is 24.4 Å². The Labute approximate surface area is 131 Å². The van der Waals surface area contributed by atoms with Crippen molar-refractivity contribution in [3.63, 3.8) is 0 Å². The van der Waals surface area contributed by atoms with Crippen LogP contribution in [-0.4, -0.2) is 56.9 Å². The number of pyridine rings is 1. The summed E-state index contributed by atoms with van der Waals surface area (Å²) in [7, 11) is -1.95. The molecule has 0 amide bonds. The third-order valence-electron chi connectivity index (χ3n) is 2.85. The van der Waals surface area contributed by atoms with E-state index >= 15 is 0 Å². The minimum absolute atomic E-state index is 0.0942. The van der Waals surface area contributed by atoms with Crippen LogP contribution in [0, 0.1) is 11.3 Å². The number of aromatic nitrogens is 1. The van der Waals surface area contributed by atoms with Gasteiger partial charge in [0.25, 0.3) is 0 Å². The van der Waals surface area contributed by atoms with Gasteiger partial charge in [0.05, 0.1) is 43.9 Å². The Bertz CT molecular complexity index is 557. The van der Waals surface area contributed by atoms with Gasteiger partial charge in [0.2, 0.25) is 10.0 Å². The number of hydrogen-bond acceptors (Lipinski definition) is 6. The zero-order valence-corrected chi connectivity index (χ0v) is 13.5. The molecule has 0 aliphatic rings. The highest BCUT2D eigenvalue weighted by atomic mass is 32.2. The quantitative estimate of drug-likeness (QED) is 0.558. The maximum atomic E-state index is 12.4. The molecule has 7 nitrogen and oxygen atoms in total. The van der Waals surface area contributed by atoms with Crippen LogP contribution in [-0.2, 0) is 26.0 Å². The van der Waals surface area contributed by atoms with Crippen molar-refractivity contribution in [1.82, 2.24) is 9.29 Å². The Morgan fingerprint density at radius 3 is 2.77 bits per heavy atom. The maximum Gasteiger partial charge on any atom is 0.216 e. The van der Waals surface area contributed by atoms with Crippen LogP contribution in [0.1, 0.15) is 12.1 Å². The number of hydrogen-bond donors (Lipinski definition) is 0. The van der Waals surface area contributed by atoms with Gasteiger partial charge in [-0.2, -0.15) is 9.57 Å². The van der Waals surface area contributed by atoms with Crippen LogP contribution in [0.4, 0.5) is 0 Å². The molecule has 122 valence electrons. The first kappa shape index (κ1) is 18.5. The molecule has 0 N–H and O–H groups in total. The molecule has 0 spiro atoms. The minimum Gasteiger partial charge on any atom is -0.382 e. The molecule has 1 aromatic heterocycles. The molecule has 0 aliphatic heterocycles. The van der Waals surface area contributed by atoms with Gasteiger partial charge < -0.3 is 9.47 Å². The first-order chi connectivity index (χ1) is 10.6. The van der Waals surface area contributed by atoms with E-state index in [4.69, 9.17) is 14.7 Å². The van der Waals surface area contributed by atoms with E-state index in [2.05, 4.69) is 4.98 Å². The zero-order chi connectivity index (χ0) is 16.3.